The standard InChI is InChI=1S/C31H40N12O6/c1-16-25(44)40-22(13-32)27(46)41-23(15-37-31(49)39-19-9-5-8-18(12-19)17-6-3-2-4-7-17)28(47)43-24(21-10-11-35-30(34)42-21)29(48)36-14-20(33)26(45)38-16/h2-9,12,15-16,20-22,24H,10-11,13-14,32-33H2,1H3,(H,36,48)(H,38,45)(H,40,44)(H,41,46)(H,43,47)(H3,34,35,42)(H2,37,39,49)/b23-15-/t16?,20-,21?,22-,24-/m0/s1. The molecule has 1 saturated heterocycles. The molecular weight excluding hydrogens is 636 g/mol. The summed E-state index contributed by atoms with van der Waals surface area (Å²) in [6.45, 7) is 0.863. The van der Waals surface area contributed by atoms with E-state index in [2.05, 4.69) is 47.5 Å². The van der Waals surface area contributed by atoms with Gasteiger partial charge in [-0.05, 0) is 36.6 Å². The summed E-state index contributed by atoms with van der Waals surface area (Å²) in [6, 6.07) is 9.93. The number of benzene rings is 2. The first-order chi connectivity index (χ1) is 23.4. The number of guanidine groups is 1. The summed E-state index contributed by atoms with van der Waals surface area (Å²) >= 11 is 0. The Hall–Kier alpha value is -6.01. The average Bonchev–Trinajstić information content (AvgIpc) is 3.09. The Balaban J connectivity index is 1.61. The first-order valence-electron chi connectivity index (χ1n) is 15.4. The number of nitrogens with two attached hydrogens (primary N) is 3. The van der Waals surface area contributed by atoms with E-state index in [-0.39, 0.29) is 25.5 Å². The lowest BCUT2D eigenvalue weighted by Crippen LogP contribution is -2.63. The molecule has 0 aliphatic carbocycles. The maximum atomic E-state index is 13.7. The highest BCUT2D eigenvalue weighted by atomic mass is 16.2. The lowest BCUT2D eigenvalue weighted by molar-refractivity contribution is -0.132. The maximum Gasteiger partial charge on any atom is 0.323 e. The van der Waals surface area contributed by atoms with Crippen LogP contribution >= 0.6 is 0 Å². The lowest BCUT2D eigenvalue weighted by atomic mass is 10.0. The van der Waals surface area contributed by atoms with Crippen molar-refractivity contribution in [3.63, 3.8) is 0 Å². The number of aliphatic imine (C=N–C) groups is 1. The molecule has 18 heteroatoms. The molecule has 0 bridgehead atoms. The summed E-state index contributed by atoms with van der Waals surface area (Å²) in [7, 11) is 0. The molecule has 2 aromatic rings. The van der Waals surface area contributed by atoms with Crippen LogP contribution in [0.5, 0.6) is 0 Å². The average molecular weight is 677 g/mol. The van der Waals surface area contributed by atoms with Crippen LogP contribution in [0.1, 0.15) is 13.3 Å². The van der Waals surface area contributed by atoms with Crippen molar-refractivity contribution >= 4 is 47.2 Å². The number of urea groups is 1. The molecule has 0 saturated carbocycles. The molecule has 2 aliphatic rings. The van der Waals surface area contributed by atoms with E-state index in [0.717, 1.165) is 17.3 Å². The van der Waals surface area contributed by atoms with Crippen LogP contribution in [0.15, 0.2) is 71.5 Å². The van der Waals surface area contributed by atoms with Gasteiger partial charge in [0.15, 0.2) is 5.96 Å². The van der Waals surface area contributed by atoms with Crippen LogP contribution in [-0.4, -0.2) is 91.4 Å². The summed E-state index contributed by atoms with van der Waals surface area (Å²) in [4.78, 5) is 82.7. The van der Waals surface area contributed by atoms with E-state index in [1.807, 2.05) is 36.4 Å². The highest BCUT2D eigenvalue weighted by Gasteiger charge is 2.34. The molecule has 5 atom stereocenters. The van der Waals surface area contributed by atoms with Gasteiger partial charge in [-0.3, -0.25) is 29.0 Å². The summed E-state index contributed by atoms with van der Waals surface area (Å²) in [5.41, 5.74) is 19.3. The smallest absolute Gasteiger partial charge is 0.323 e. The Morgan fingerprint density at radius 2 is 1.65 bits per heavy atom. The van der Waals surface area contributed by atoms with Crippen LogP contribution in [-0.2, 0) is 24.0 Å². The number of anilines is 1. The summed E-state index contributed by atoms with van der Waals surface area (Å²) < 4.78 is 0. The van der Waals surface area contributed by atoms with E-state index < -0.39 is 78.0 Å². The Bertz CT molecular complexity index is 1630. The van der Waals surface area contributed by atoms with Gasteiger partial charge in [-0.2, -0.15) is 0 Å². The van der Waals surface area contributed by atoms with E-state index in [1.165, 1.54) is 6.92 Å². The van der Waals surface area contributed by atoms with Crippen LogP contribution < -0.4 is 59.7 Å². The van der Waals surface area contributed by atoms with Crippen molar-refractivity contribution in [3.8, 4) is 11.1 Å². The van der Waals surface area contributed by atoms with Crippen LogP contribution in [0.25, 0.3) is 11.1 Å². The minimum absolute atomic E-state index is 0.0378. The molecule has 2 aliphatic heterocycles. The number of rotatable bonds is 5. The van der Waals surface area contributed by atoms with E-state index in [4.69, 9.17) is 17.2 Å². The third-order valence-electron chi connectivity index (χ3n) is 7.56. The highest BCUT2D eigenvalue weighted by molar-refractivity contribution is 6.02. The van der Waals surface area contributed by atoms with Crippen LogP contribution in [0.4, 0.5) is 10.5 Å². The molecule has 260 valence electrons. The van der Waals surface area contributed by atoms with Gasteiger partial charge in [-0.15, -0.1) is 0 Å². The topological polar surface area (TPSA) is 289 Å². The summed E-state index contributed by atoms with van der Waals surface area (Å²) in [6.07, 6.45) is 1.21. The Morgan fingerprint density at radius 3 is 2.37 bits per heavy atom. The van der Waals surface area contributed by atoms with Gasteiger partial charge >= 0.3 is 6.03 Å². The number of carbonyl (C=O) groups is 6. The third kappa shape index (κ3) is 9.99. The number of amides is 7. The predicted octanol–water partition coefficient (Wildman–Crippen LogP) is -3.00. The molecule has 0 spiro atoms. The van der Waals surface area contributed by atoms with Crippen molar-refractivity contribution in [2.45, 2.75) is 43.6 Å². The number of nitrogens with one attached hydrogen (secondary N) is 8. The van der Waals surface area contributed by atoms with Crippen molar-refractivity contribution in [1.82, 2.24) is 37.2 Å². The number of nitrogens with zero attached hydrogens (tertiary/aromatic N) is 1. The molecule has 1 fully saturated rings. The van der Waals surface area contributed by atoms with Crippen molar-refractivity contribution in [2.24, 2.45) is 22.2 Å². The molecule has 2 unspecified atom stereocenters. The van der Waals surface area contributed by atoms with E-state index >= 15 is 0 Å². The number of hydrogen-bond donors (Lipinski definition) is 11. The molecule has 7 amide bonds. The first kappa shape index (κ1) is 35.8. The second-order valence-corrected chi connectivity index (χ2v) is 11.2. The van der Waals surface area contributed by atoms with Crippen LogP contribution in [0.3, 0.4) is 0 Å². The van der Waals surface area contributed by atoms with Gasteiger partial charge in [-0.1, -0.05) is 42.5 Å². The SMILES string of the molecule is CC1NC(=O)[C@@H](N)CNC(=O)[C@H](C2CCN=C(N)N2)NC(=O)/C(=C/NC(=O)Nc2cccc(-c3ccccc3)c2)NC(=O)[C@H](CN)NC1=O. The van der Waals surface area contributed by atoms with Gasteiger partial charge in [0.2, 0.25) is 23.6 Å². The fraction of sp³-hybridized carbons (Fsp3) is 0.323. The van der Waals surface area contributed by atoms with Gasteiger partial charge in [0, 0.05) is 31.5 Å². The monoisotopic (exact) mass is 676 g/mol. The zero-order valence-electron chi connectivity index (χ0n) is 26.6. The van der Waals surface area contributed by atoms with Crippen LogP contribution in [0.2, 0.25) is 0 Å². The second-order valence-electron chi connectivity index (χ2n) is 11.2. The molecule has 0 radical (unpaired) electrons. The lowest BCUT2D eigenvalue weighted by Gasteiger charge is -2.31. The highest BCUT2D eigenvalue weighted by Crippen LogP contribution is 2.22. The van der Waals surface area contributed by atoms with Crippen molar-refractivity contribution in [2.75, 3.05) is 25.0 Å². The van der Waals surface area contributed by atoms with Crippen LogP contribution in [0, 0.1) is 0 Å². The molecular formula is C31H40N12O6. The minimum Gasteiger partial charge on any atom is -0.370 e. The number of hydrogen-bond acceptors (Lipinski definition) is 11. The molecule has 2 aromatic carbocycles. The fourth-order valence-electron chi connectivity index (χ4n) is 4.87. The Morgan fingerprint density at radius 1 is 0.918 bits per heavy atom. The molecule has 49 heavy (non-hydrogen) atoms. The zero-order chi connectivity index (χ0) is 35.5. The van der Waals surface area contributed by atoms with Crippen molar-refractivity contribution in [1.29, 1.82) is 0 Å². The Kier molecular flexibility index (Phi) is 12.2. The van der Waals surface area contributed by atoms with Gasteiger partial charge in [0.1, 0.15) is 29.9 Å². The third-order valence-corrected chi connectivity index (χ3v) is 7.56. The number of carbonyl (C=O) groups excluding carboxylic acids is 6. The molecule has 4 rings (SSSR count). The largest absolute Gasteiger partial charge is 0.370 e. The van der Waals surface area contributed by atoms with Gasteiger partial charge in [0.05, 0.1) is 6.04 Å². The van der Waals surface area contributed by atoms with Gasteiger partial charge < -0.3 is 59.7 Å². The van der Waals surface area contributed by atoms with E-state index in [0.29, 0.717) is 5.69 Å². The first-order valence-corrected chi connectivity index (χ1v) is 15.4. The molecule has 14 N–H and O–H groups in total. The van der Waals surface area contributed by atoms with E-state index in [1.54, 1.807) is 18.2 Å². The molecule has 18 nitrogen and oxygen atoms in total. The van der Waals surface area contributed by atoms with E-state index in [9.17, 15) is 28.8 Å². The molecule has 2 heterocycles. The van der Waals surface area contributed by atoms with Crippen molar-refractivity contribution in [3.05, 3.63) is 66.5 Å². The summed E-state index contributed by atoms with van der Waals surface area (Å²) in [5, 5.41) is 20.2. The fourth-order valence-corrected chi connectivity index (χ4v) is 4.87. The quantitative estimate of drug-likeness (QED) is 0.143. The zero-order valence-corrected chi connectivity index (χ0v) is 26.6. The van der Waals surface area contributed by atoms with Gasteiger partial charge in [0.25, 0.3) is 5.91 Å². The normalized spacial score (nSPS) is 25.0. The Labute approximate surface area is 281 Å². The maximum absolute atomic E-state index is 13.7. The predicted molar refractivity (Wildman–Crippen MR) is 180 cm³/mol. The minimum atomic E-state index is -1.37. The molecule has 0 aromatic heterocycles. The van der Waals surface area contributed by atoms with Crippen molar-refractivity contribution < 1.29 is 28.8 Å². The van der Waals surface area contributed by atoms with Gasteiger partial charge in [-0.25, -0.2) is 4.79 Å². The second kappa shape index (κ2) is 16.7. The summed E-state index contributed by atoms with van der Waals surface area (Å²) in [5.74, 6) is -4.14.